The number of ether oxygens (including phenoxy) is 1. The Bertz CT molecular complexity index is 507. The van der Waals surface area contributed by atoms with Gasteiger partial charge in [0, 0.05) is 37.8 Å². The first-order valence-corrected chi connectivity index (χ1v) is 8.69. The highest BCUT2D eigenvalue weighted by Gasteiger charge is 2.51. The molecule has 6 heteroatoms. The normalized spacial score (nSPS) is 28.2. The molecule has 4 heterocycles. The van der Waals surface area contributed by atoms with Gasteiger partial charge in [0.15, 0.2) is 0 Å². The zero-order chi connectivity index (χ0) is 14.3. The van der Waals surface area contributed by atoms with E-state index < -0.39 is 0 Å². The molecule has 3 saturated heterocycles. The Morgan fingerprint density at radius 2 is 2.24 bits per heavy atom. The van der Waals surface area contributed by atoms with Crippen molar-refractivity contribution in [1.29, 1.82) is 0 Å². The van der Waals surface area contributed by atoms with Crippen molar-refractivity contribution in [1.82, 2.24) is 14.8 Å². The van der Waals surface area contributed by atoms with Crippen molar-refractivity contribution in [3.63, 3.8) is 0 Å². The van der Waals surface area contributed by atoms with Crippen LogP contribution in [0, 0.1) is 0 Å². The number of thiazole rings is 1. The van der Waals surface area contributed by atoms with E-state index in [-0.39, 0.29) is 17.6 Å². The van der Waals surface area contributed by atoms with Gasteiger partial charge in [-0.2, -0.15) is 0 Å². The van der Waals surface area contributed by atoms with Crippen molar-refractivity contribution < 1.29 is 9.53 Å². The number of amides is 1. The lowest BCUT2D eigenvalue weighted by Gasteiger charge is -2.47. The molecular formula is C15H21N3O2S. The minimum absolute atomic E-state index is 0.0582. The highest BCUT2D eigenvalue weighted by molar-refractivity contribution is 7.09. The van der Waals surface area contributed by atoms with Crippen LogP contribution in [-0.4, -0.2) is 58.6 Å². The zero-order valence-electron chi connectivity index (χ0n) is 12.2. The fraction of sp³-hybridized carbons (Fsp3) is 0.733. The summed E-state index contributed by atoms with van der Waals surface area (Å²) < 4.78 is 6.16. The molecule has 1 atom stereocenters. The lowest BCUT2D eigenvalue weighted by molar-refractivity contribution is -0.164. The second-order valence-electron chi connectivity index (χ2n) is 6.43. The zero-order valence-corrected chi connectivity index (χ0v) is 13.0. The lowest BCUT2D eigenvalue weighted by Crippen LogP contribution is -2.61. The first-order chi connectivity index (χ1) is 10.2. The van der Waals surface area contributed by atoms with Crippen molar-refractivity contribution in [3.05, 3.63) is 16.6 Å². The molecule has 1 unspecified atom stereocenters. The summed E-state index contributed by atoms with van der Waals surface area (Å²) in [5.41, 5.74) is -0.0582. The van der Waals surface area contributed by atoms with Crippen molar-refractivity contribution in [2.75, 3.05) is 26.2 Å². The van der Waals surface area contributed by atoms with Gasteiger partial charge in [-0.05, 0) is 25.7 Å². The molecule has 0 bridgehead atoms. The van der Waals surface area contributed by atoms with E-state index in [1.54, 1.807) is 11.3 Å². The number of rotatable bonds is 3. The molecule has 1 aromatic heterocycles. The molecule has 114 valence electrons. The third-order valence-corrected chi connectivity index (χ3v) is 5.58. The smallest absolute Gasteiger partial charge is 0.251 e. The maximum absolute atomic E-state index is 12.4. The minimum atomic E-state index is -0.190. The molecule has 0 N–H and O–H groups in total. The van der Waals surface area contributed by atoms with E-state index >= 15 is 0 Å². The Hall–Kier alpha value is -0.980. The number of hydrogen-bond acceptors (Lipinski definition) is 5. The largest absolute Gasteiger partial charge is 0.359 e. The summed E-state index contributed by atoms with van der Waals surface area (Å²) in [4.78, 5) is 21.1. The molecule has 4 rings (SSSR count). The molecular weight excluding hydrogens is 286 g/mol. The van der Waals surface area contributed by atoms with Gasteiger partial charge in [-0.15, -0.1) is 11.3 Å². The molecule has 3 fully saturated rings. The SMILES string of the molecule is O=C(C1CCC2(CN(Cc3nccs3)C2)O1)N1CCCC1. The van der Waals surface area contributed by atoms with Gasteiger partial charge < -0.3 is 9.64 Å². The standard InChI is InChI=1S/C15H21N3O2S/c19-14(18-6-1-2-7-18)12-3-4-15(20-12)10-17(11-15)9-13-16-5-8-21-13/h5,8,12H,1-4,6-7,9-11H2. The number of carbonyl (C=O) groups is 1. The molecule has 1 aromatic rings. The molecule has 3 aliphatic rings. The average molecular weight is 307 g/mol. The fourth-order valence-electron chi connectivity index (χ4n) is 3.76. The Kier molecular flexibility index (Phi) is 3.47. The fourth-order valence-corrected chi connectivity index (χ4v) is 4.42. The van der Waals surface area contributed by atoms with E-state index in [0.717, 1.165) is 63.4 Å². The summed E-state index contributed by atoms with van der Waals surface area (Å²) in [5.74, 6) is 0.225. The summed E-state index contributed by atoms with van der Waals surface area (Å²) in [7, 11) is 0. The molecule has 0 saturated carbocycles. The number of likely N-dealkylation sites (tertiary alicyclic amines) is 2. The molecule has 0 aliphatic carbocycles. The van der Waals surface area contributed by atoms with E-state index in [2.05, 4.69) is 9.88 Å². The summed E-state index contributed by atoms with van der Waals surface area (Å²) >= 11 is 1.70. The van der Waals surface area contributed by atoms with Gasteiger partial charge >= 0.3 is 0 Å². The Morgan fingerprint density at radius 1 is 1.43 bits per heavy atom. The molecule has 5 nitrogen and oxygen atoms in total. The average Bonchev–Trinajstić information content (AvgIpc) is 3.19. The van der Waals surface area contributed by atoms with Crippen LogP contribution < -0.4 is 0 Å². The van der Waals surface area contributed by atoms with Crippen LogP contribution in [0.15, 0.2) is 11.6 Å². The van der Waals surface area contributed by atoms with Gasteiger partial charge in [-0.3, -0.25) is 9.69 Å². The Labute approximate surface area is 128 Å². The summed E-state index contributed by atoms with van der Waals surface area (Å²) in [6.07, 6.45) is 5.86. The van der Waals surface area contributed by atoms with Crippen molar-refractivity contribution >= 4 is 17.2 Å². The summed E-state index contributed by atoms with van der Waals surface area (Å²) in [6.45, 7) is 4.63. The third-order valence-electron chi connectivity index (χ3n) is 4.81. The predicted molar refractivity (Wildman–Crippen MR) is 80.0 cm³/mol. The second-order valence-corrected chi connectivity index (χ2v) is 7.41. The Morgan fingerprint density at radius 3 is 2.95 bits per heavy atom. The molecule has 0 aromatic carbocycles. The van der Waals surface area contributed by atoms with Gasteiger partial charge in [0.25, 0.3) is 5.91 Å². The Balaban J connectivity index is 1.30. The highest BCUT2D eigenvalue weighted by atomic mass is 32.1. The maximum atomic E-state index is 12.4. The molecule has 0 radical (unpaired) electrons. The maximum Gasteiger partial charge on any atom is 0.251 e. The van der Waals surface area contributed by atoms with Gasteiger partial charge in [0.05, 0.1) is 12.1 Å². The van der Waals surface area contributed by atoms with Crippen molar-refractivity contribution in [2.45, 2.75) is 43.9 Å². The number of aromatic nitrogens is 1. The van der Waals surface area contributed by atoms with Crippen LogP contribution in [0.1, 0.15) is 30.7 Å². The molecule has 1 amide bonds. The topological polar surface area (TPSA) is 45.7 Å². The second kappa shape index (κ2) is 5.34. The van der Waals surface area contributed by atoms with E-state index in [1.807, 2.05) is 16.5 Å². The van der Waals surface area contributed by atoms with Gasteiger partial charge in [-0.25, -0.2) is 4.98 Å². The first-order valence-electron chi connectivity index (χ1n) is 7.81. The van der Waals surface area contributed by atoms with E-state index in [1.165, 1.54) is 0 Å². The van der Waals surface area contributed by atoms with Crippen LogP contribution in [0.2, 0.25) is 0 Å². The van der Waals surface area contributed by atoms with E-state index in [0.29, 0.717) is 0 Å². The van der Waals surface area contributed by atoms with Crippen LogP contribution in [0.25, 0.3) is 0 Å². The van der Waals surface area contributed by atoms with Gasteiger partial charge in [-0.1, -0.05) is 0 Å². The monoisotopic (exact) mass is 307 g/mol. The van der Waals surface area contributed by atoms with Crippen LogP contribution in [0.4, 0.5) is 0 Å². The molecule has 1 spiro atoms. The number of carbonyl (C=O) groups excluding carboxylic acids is 1. The third kappa shape index (κ3) is 2.60. The first kappa shape index (κ1) is 13.7. The van der Waals surface area contributed by atoms with E-state index in [4.69, 9.17) is 4.74 Å². The number of hydrogen-bond donors (Lipinski definition) is 0. The minimum Gasteiger partial charge on any atom is -0.359 e. The van der Waals surface area contributed by atoms with Crippen LogP contribution in [0.5, 0.6) is 0 Å². The van der Waals surface area contributed by atoms with Crippen LogP contribution in [-0.2, 0) is 16.1 Å². The van der Waals surface area contributed by atoms with Crippen molar-refractivity contribution in [2.24, 2.45) is 0 Å². The lowest BCUT2D eigenvalue weighted by atomic mass is 9.91. The highest BCUT2D eigenvalue weighted by Crippen LogP contribution is 2.39. The van der Waals surface area contributed by atoms with Crippen LogP contribution >= 0.6 is 11.3 Å². The quantitative estimate of drug-likeness (QED) is 0.849. The van der Waals surface area contributed by atoms with Gasteiger partial charge in [0.2, 0.25) is 0 Å². The van der Waals surface area contributed by atoms with Crippen molar-refractivity contribution in [3.8, 4) is 0 Å². The molecule has 3 aliphatic heterocycles. The number of nitrogens with zero attached hydrogens (tertiary/aromatic N) is 3. The van der Waals surface area contributed by atoms with Crippen LogP contribution in [0.3, 0.4) is 0 Å². The molecule has 21 heavy (non-hydrogen) atoms. The summed E-state index contributed by atoms with van der Waals surface area (Å²) in [5, 5.41) is 3.18. The summed E-state index contributed by atoms with van der Waals surface area (Å²) in [6, 6.07) is 0. The predicted octanol–water partition coefficient (Wildman–Crippen LogP) is 1.50. The van der Waals surface area contributed by atoms with Gasteiger partial charge in [0.1, 0.15) is 11.1 Å². The van der Waals surface area contributed by atoms with E-state index in [9.17, 15) is 4.79 Å².